The fourth-order valence-electron chi connectivity index (χ4n) is 8.22. The van der Waals surface area contributed by atoms with Gasteiger partial charge in [0.15, 0.2) is 0 Å². The van der Waals surface area contributed by atoms with Crippen molar-refractivity contribution in [2.45, 2.75) is 69.4 Å². The van der Waals surface area contributed by atoms with Crippen LogP contribution in [0.4, 0.5) is 5.69 Å². The van der Waals surface area contributed by atoms with Crippen LogP contribution >= 0.6 is 0 Å². The third-order valence-electron chi connectivity index (χ3n) is 11.6. The minimum Gasteiger partial charge on any atom is -0.489 e. The van der Waals surface area contributed by atoms with Gasteiger partial charge in [-0.2, -0.15) is 0 Å². The second kappa shape index (κ2) is 15.5. The van der Waals surface area contributed by atoms with Gasteiger partial charge in [-0.25, -0.2) is 9.97 Å². The highest BCUT2D eigenvalue weighted by atomic mass is 16.5. The number of hydrogen-bond donors (Lipinski definition) is 2. The highest BCUT2D eigenvalue weighted by Crippen LogP contribution is 2.34. The van der Waals surface area contributed by atoms with Crippen molar-refractivity contribution in [1.29, 1.82) is 0 Å². The number of unbranched alkanes of at least 4 members (excludes halogenated alkanes) is 1. The smallest absolute Gasteiger partial charge is 0.255 e. The van der Waals surface area contributed by atoms with Crippen molar-refractivity contribution in [2.24, 2.45) is 0 Å². The normalized spacial score (nSPS) is 20.1. The maximum Gasteiger partial charge on any atom is 0.255 e. The topological polar surface area (TPSA) is 152 Å². The van der Waals surface area contributed by atoms with E-state index >= 15 is 0 Å². The molecule has 4 aromatic heterocycles. The standard InChI is InChI=1S/C46H41N7O6/c54-43-13-12-42(45(55)51-43)53-25-30-18-32(8-11-37(30)46(53)56)52-26-36(27-52)57-17-3-1-2-4-31-7-9-33(23-48-31)58-34-20-35(21-34)59-44-14-6-29(22-49-44)28-5-10-38-39-24-47-16-15-40(39)50-41(38)19-28/h5-11,14-16,18-19,22-24,34-36,42,50H,1,3,12-13,17,20-21,25-27H2,(H,51,54,55). The lowest BCUT2D eigenvalue weighted by atomic mass is 9.92. The zero-order valence-corrected chi connectivity index (χ0v) is 32.2. The lowest BCUT2D eigenvalue weighted by molar-refractivity contribution is -0.136. The van der Waals surface area contributed by atoms with Gasteiger partial charge in [0.1, 0.15) is 29.7 Å². The molecular formula is C46H41N7O6. The van der Waals surface area contributed by atoms with Gasteiger partial charge in [-0.15, -0.1) is 0 Å². The Labute approximate surface area is 340 Å². The number of fused-ring (bicyclic) bond motifs is 4. The summed E-state index contributed by atoms with van der Waals surface area (Å²) in [6, 6.07) is 21.3. The second-order valence-corrected chi connectivity index (χ2v) is 15.6. The third-order valence-corrected chi connectivity index (χ3v) is 11.6. The Bertz CT molecular complexity index is 2640. The van der Waals surface area contributed by atoms with Gasteiger partial charge in [0.05, 0.1) is 12.3 Å². The summed E-state index contributed by atoms with van der Waals surface area (Å²) in [4.78, 5) is 57.5. The predicted molar refractivity (Wildman–Crippen MR) is 220 cm³/mol. The van der Waals surface area contributed by atoms with Crippen molar-refractivity contribution in [3.8, 4) is 34.6 Å². The van der Waals surface area contributed by atoms with Crippen molar-refractivity contribution in [3.63, 3.8) is 0 Å². The number of piperidine rings is 1. The summed E-state index contributed by atoms with van der Waals surface area (Å²) in [5.41, 5.74) is 7.51. The molecule has 1 aliphatic carbocycles. The molecule has 0 bridgehead atoms. The van der Waals surface area contributed by atoms with Gasteiger partial charge in [0.2, 0.25) is 17.7 Å². The summed E-state index contributed by atoms with van der Waals surface area (Å²) >= 11 is 0. The van der Waals surface area contributed by atoms with Crippen LogP contribution in [0.1, 0.15) is 60.1 Å². The summed E-state index contributed by atoms with van der Waals surface area (Å²) in [5, 5.41) is 4.62. The summed E-state index contributed by atoms with van der Waals surface area (Å²) in [6.07, 6.45) is 11.2. The number of nitrogens with zero attached hydrogens (tertiary/aromatic N) is 5. The van der Waals surface area contributed by atoms with Gasteiger partial charge in [0.25, 0.3) is 5.91 Å². The molecule has 1 saturated carbocycles. The number of nitrogens with one attached hydrogen (secondary N) is 2. The van der Waals surface area contributed by atoms with Gasteiger partial charge in [-0.3, -0.25) is 24.7 Å². The summed E-state index contributed by atoms with van der Waals surface area (Å²) in [7, 11) is 0. The van der Waals surface area contributed by atoms with Crippen LogP contribution in [-0.2, 0) is 20.9 Å². The Balaban J connectivity index is 0.614. The number of carbonyl (C=O) groups is 3. The first-order chi connectivity index (χ1) is 28.9. The van der Waals surface area contributed by atoms with Gasteiger partial charge in [0, 0.05) is 115 Å². The van der Waals surface area contributed by atoms with Crippen LogP contribution in [-0.4, -0.2) is 86.6 Å². The molecule has 2 saturated heterocycles. The molecule has 7 heterocycles. The van der Waals surface area contributed by atoms with E-state index < -0.39 is 11.9 Å². The first-order valence-electron chi connectivity index (χ1n) is 20.1. The molecule has 4 aliphatic rings. The number of aromatic amines is 1. The fraction of sp³-hybridized carbons (Fsp3) is 0.304. The Morgan fingerprint density at radius 1 is 0.814 bits per heavy atom. The zero-order chi connectivity index (χ0) is 39.9. The van der Waals surface area contributed by atoms with Gasteiger partial charge < -0.3 is 29.0 Å². The van der Waals surface area contributed by atoms with Crippen LogP contribution in [0.2, 0.25) is 0 Å². The predicted octanol–water partition coefficient (Wildman–Crippen LogP) is 5.96. The summed E-state index contributed by atoms with van der Waals surface area (Å²) in [6.45, 7) is 2.55. The molecule has 3 fully saturated rings. The molecule has 296 valence electrons. The molecule has 1 atom stereocenters. The first kappa shape index (κ1) is 36.6. The van der Waals surface area contributed by atoms with Crippen LogP contribution in [0.15, 0.2) is 91.5 Å². The van der Waals surface area contributed by atoms with Crippen LogP contribution in [0.5, 0.6) is 11.6 Å². The molecule has 3 amide bonds. The van der Waals surface area contributed by atoms with Crippen molar-refractivity contribution >= 4 is 45.2 Å². The number of hydrogen-bond acceptors (Lipinski definition) is 10. The van der Waals surface area contributed by atoms with Gasteiger partial charge in [-0.1, -0.05) is 18.1 Å². The average Bonchev–Trinajstić information content (AvgIpc) is 3.76. The van der Waals surface area contributed by atoms with E-state index in [9.17, 15) is 14.4 Å². The Morgan fingerprint density at radius 2 is 1.69 bits per heavy atom. The monoisotopic (exact) mass is 787 g/mol. The van der Waals surface area contributed by atoms with Crippen molar-refractivity contribution in [1.82, 2.24) is 30.2 Å². The molecule has 1 unspecified atom stereocenters. The van der Waals surface area contributed by atoms with E-state index in [0.29, 0.717) is 43.1 Å². The third kappa shape index (κ3) is 7.55. The van der Waals surface area contributed by atoms with Gasteiger partial charge in [-0.05, 0) is 78.4 Å². The van der Waals surface area contributed by atoms with Crippen molar-refractivity contribution in [2.75, 3.05) is 24.6 Å². The molecule has 6 aromatic rings. The van der Waals surface area contributed by atoms with E-state index in [2.05, 4.69) is 60.2 Å². The SMILES string of the molecule is O=C1CCC(N2Cc3cc(N4CC(OCCCC#Cc5ccc(OC6CC(Oc7ccc(-c8ccc9c(c8)[nH]c8ccncc89)cn7)C6)cn5)C4)ccc3C2=O)C(=O)N1. The molecule has 2 aromatic carbocycles. The number of rotatable bonds is 11. The Hall–Kier alpha value is -6.78. The van der Waals surface area contributed by atoms with Crippen LogP contribution in [0, 0.1) is 11.8 Å². The number of benzene rings is 2. The number of anilines is 1. The van der Waals surface area contributed by atoms with E-state index in [1.54, 1.807) is 17.3 Å². The Kier molecular flexibility index (Phi) is 9.62. The number of pyridine rings is 3. The van der Waals surface area contributed by atoms with E-state index in [4.69, 9.17) is 14.2 Å². The van der Waals surface area contributed by atoms with E-state index in [0.717, 1.165) is 82.3 Å². The molecule has 0 radical (unpaired) electrons. The van der Waals surface area contributed by atoms with Crippen molar-refractivity contribution in [3.05, 3.63) is 108 Å². The fourth-order valence-corrected chi connectivity index (χ4v) is 8.22. The van der Waals surface area contributed by atoms with Gasteiger partial charge >= 0.3 is 0 Å². The number of ether oxygens (including phenoxy) is 3. The van der Waals surface area contributed by atoms with E-state index in [1.165, 1.54) is 0 Å². The number of aromatic nitrogens is 4. The van der Waals surface area contributed by atoms with E-state index in [-0.39, 0.29) is 36.5 Å². The number of amides is 3. The maximum atomic E-state index is 13.0. The number of H-pyrrole nitrogens is 1. The molecule has 3 aliphatic heterocycles. The lowest BCUT2D eigenvalue weighted by Crippen LogP contribution is -2.52. The van der Waals surface area contributed by atoms with E-state index in [1.807, 2.05) is 60.9 Å². The molecule has 2 N–H and O–H groups in total. The highest BCUT2D eigenvalue weighted by Gasteiger charge is 2.40. The molecule has 59 heavy (non-hydrogen) atoms. The van der Waals surface area contributed by atoms with Crippen LogP contribution < -0.4 is 19.7 Å². The number of carbonyl (C=O) groups excluding carboxylic acids is 3. The summed E-state index contributed by atoms with van der Waals surface area (Å²) < 4.78 is 18.3. The lowest BCUT2D eigenvalue weighted by Gasteiger charge is -2.40. The Morgan fingerprint density at radius 3 is 2.53 bits per heavy atom. The minimum absolute atomic E-state index is 0.0550. The van der Waals surface area contributed by atoms with Crippen molar-refractivity contribution < 1.29 is 28.6 Å². The molecule has 0 spiro atoms. The maximum absolute atomic E-state index is 13.0. The zero-order valence-electron chi connectivity index (χ0n) is 32.2. The molecular weight excluding hydrogens is 747 g/mol. The molecule has 13 heteroatoms. The van der Waals surface area contributed by atoms with Crippen LogP contribution in [0.25, 0.3) is 32.9 Å². The summed E-state index contributed by atoms with van der Waals surface area (Å²) in [5.74, 6) is 6.82. The largest absolute Gasteiger partial charge is 0.489 e. The molecule has 13 nitrogen and oxygen atoms in total. The average molecular weight is 788 g/mol. The number of imide groups is 1. The first-order valence-corrected chi connectivity index (χ1v) is 20.1. The minimum atomic E-state index is -0.610. The molecule has 10 rings (SSSR count). The second-order valence-electron chi connectivity index (χ2n) is 15.6. The quantitative estimate of drug-likeness (QED) is 0.0915. The highest BCUT2D eigenvalue weighted by molar-refractivity contribution is 6.08. The van der Waals surface area contributed by atoms with Crippen LogP contribution in [0.3, 0.4) is 0 Å².